The number of nitrogen functional groups attached to an aromatic ring is 1. The van der Waals surface area contributed by atoms with Gasteiger partial charge in [-0.3, -0.25) is 9.69 Å². The van der Waals surface area contributed by atoms with Crippen LogP contribution < -0.4 is 10.5 Å². The quantitative estimate of drug-likeness (QED) is 0.800. The molecule has 2 aromatic rings. The maximum Gasteiger partial charge on any atom is 0.260 e. The minimum Gasteiger partial charge on any atom is -0.484 e. The van der Waals surface area contributed by atoms with E-state index in [9.17, 15) is 4.79 Å². The number of rotatable bonds is 7. The molecule has 0 aliphatic carbocycles. The van der Waals surface area contributed by atoms with Crippen LogP contribution in [0.15, 0.2) is 36.5 Å². The summed E-state index contributed by atoms with van der Waals surface area (Å²) in [6.07, 6.45) is 3.58. The van der Waals surface area contributed by atoms with E-state index in [0.29, 0.717) is 24.7 Å². The Morgan fingerprint density at radius 1 is 1.33 bits per heavy atom. The number of carbonyl (C=O) groups excluding carboxylic acids is 1. The molecule has 1 aromatic carbocycles. The summed E-state index contributed by atoms with van der Waals surface area (Å²) < 4.78 is 5.65. The summed E-state index contributed by atoms with van der Waals surface area (Å²) in [5.74, 6) is 1.92. The predicted molar refractivity (Wildman–Crippen MR) is 104 cm³/mol. The molecule has 1 atom stereocenters. The van der Waals surface area contributed by atoms with Crippen LogP contribution in [-0.2, 0) is 17.8 Å². The molecule has 2 N–H and O–H groups in total. The number of aryl methyl sites for hydroxylation is 1. The van der Waals surface area contributed by atoms with Crippen molar-refractivity contribution in [3.63, 3.8) is 0 Å². The second-order valence-electron chi connectivity index (χ2n) is 6.88. The summed E-state index contributed by atoms with van der Waals surface area (Å²) in [5, 5.41) is 0. The third-order valence-corrected chi connectivity index (χ3v) is 4.95. The van der Waals surface area contributed by atoms with Crippen LogP contribution in [0, 0.1) is 0 Å². The third-order valence-electron chi connectivity index (χ3n) is 4.95. The van der Waals surface area contributed by atoms with Crippen molar-refractivity contribution in [3.05, 3.63) is 47.9 Å². The van der Waals surface area contributed by atoms with E-state index in [2.05, 4.69) is 21.8 Å². The highest BCUT2D eigenvalue weighted by atomic mass is 16.5. The van der Waals surface area contributed by atoms with Gasteiger partial charge in [0.05, 0.1) is 6.54 Å². The molecule has 144 valence electrons. The summed E-state index contributed by atoms with van der Waals surface area (Å²) in [6.45, 7) is 4.22. The van der Waals surface area contributed by atoms with E-state index < -0.39 is 0 Å². The smallest absolute Gasteiger partial charge is 0.260 e. The molecule has 0 spiro atoms. The van der Waals surface area contributed by atoms with Crippen molar-refractivity contribution in [1.82, 2.24) is 19.8 Å². The van der Waals surface area contributed by atoms with Gasteiger partial charge in [-0.25, -0.2) is 9.97 Å². The normalized spacial score (nSPS) is 16.7. The molecule has 2 heterocycles. The van der Waals surface area contributed by atoms with E-state index in [1.54, 1.807) is 12.3 Å². The average molecular weight is 369 g/mol. The first-order valence-corrected chi connectivity index (χ1v) is 9.32. The van der Waals surface area contributed by atoms with Gasteiger partial charge in [0.15, 0.2) is 6.61 Å². The number of benzene rings is 1. The Hall–Kier alpha value is -2.67. The lowest BCUT2D eigenvalue weighted by Crippen LogP contribution is -2.38. The molecule has 3 rings (SSSR count). The topological polar surface area (TPSA) is 84.6 Å². The molecule has 1 aromatic heterocycles. The first-order chi connectivity index (χ1) is 13.0. The second-order valence-corrected chi connectivity index (χ2v) is 6.88. The molecule has 0 radical (unpaired) electrons. The number of nitrogens with two attached hydrogens (primary N) is 1. The van der Waals surface area contributed by atoms with E-state index in [4.69, 9.17) is 10.5 Å². The van der Waals surface area contributed by atoms with Gasteiger partial charge in [0, 0.05) is 25.3 Å². The number of hydrogen-bond donors (Lipinski definition) is 1. The molecular weight excluding hydrogens is 342 g/mol. The van der Waals surface area contributed by atoms with Crippen molar-refractivity contribution >= 4 is 11.7 Å². The number of amides is 1. The molecule has 1 aliphatic rings. The van der Waals surface area contributed by atoms with Crippen LogP contribution >= 0.6 is 0 Å². The lowest BCUT2D eigenvalue weighted by molar-refractivity contribution is -0.132. The molecule has 7 heteroatoms. The summed E-state index contributed by atoms with van der Waals surface area (Å²) >= 11 is 0. The Morgan fingerprint density at radius 3 is 2.81 bits per heavy atom. The van der Waals surface area contributed by atoms with Crippen molar-refractivity contribution in [2.75, 3.05) is 32.5 Å². The number of carbonyl (C=O) groups is 1. The van der Waals surface area contributed by atoms with Gasteiger partial charge < -0.3 is 15.4 Å². The number of nitrogens with zero attached hydrogens (tertiary/aromatic N) is 4. The van der Waals surface area contributed by atoms with Crippen molar-refractivity contribution in [3.8, 4) is 5.75 Å². The number of hydrogen-bond acceptors (Lipinski definition) is 6. The fourth-order valence-corrected chi connectivity index (χ4v) is 3.23. The zero-order valence-corrected chi connectivity index (χ0v) is 16.0. The zero-order chi connectivity index (χ0) is 19.2. The van der Waals surface area contributed by atoms with Gasteiger partial charge in [-0.2, -0.15) is 0 Å². The minimum absolute atomic E-state index is 0.0191. The number of ether oxygens (including phenoxy) is 1. The summed E-state index contributed by atoms with van der Waals surface area (Å²) in [7, 11) is 2.02. The molecule has 1 fully saturated rings. The van der Waals surface area contributed by atoms with Crippen molar-refractivity contribution in [2.24, 2.45) is 0 Å². The Morgan fingerprint density at radius 2 is 2.11 bits per heavy atom. The molecule has 7 nitrogen and oxygen atoms in total. The van der Waals surface area contributed by atoms with Crippen LogP contribution in [0.5, 0.6) is 5.75 Å². The van der Waals surface area contributed by atoms with Crippen LogP contribution in [0.25, 0.3) is 0 Å². The highest BCUT2D eigenvalue weighted by Gasteiger charge is 2.29. The van der Waals surface area contributed by atoms with E-state index in [1.807, 2.05) is 36.2 Å². The Balaban J connectivity index is 1.47. The van der Waals surface area contributed by atoms with Gasteiger partial charge in [-0.15, -0.1) is 0 Å². The third kappa shape index (κ3) is 5.17. The van der Waals surface area contributed by atoms with E-state index in [1.165, 1.54) is 5.56 Å². The van der Waals surface area contributed by atoms with Crippen LogP contribution in [0.2, 0.25) is 0 Å². The lowest BCUT2D eigenvalue weighted by Gasteiger charge is -2.24. The molecular formula is C20H27N5O2. The van der Waals surface area contributed by atoms with Gasteiger partial charge in [0.1, 0.15) is 17.4 Å². The maximum absolute atomic E-state index is 12.5. The summed E-state index contributed by atoms with van der Waals surface area (Å²) in [5.41, 5.74) is 6.96. The van der Waals surface area contributed by atoms with Gasteiger partial charge >= 0.3 is 0 Å². The van der Waals surface area contributed by atoms with Crippen molar-refractivity contribution < 1.29 is 9.53 Å². The number of likely N-dealkylation sites (N-methyl/N-ethyl adjacent to an activating group) is 1. The number of aromatic nitrogens is 2. The standard InChI is InChI=1S/C20H27N5O2/c1-3-15-4-6-17(7-5-15)27-14-20(26)25-11-9-16(12-25)24(2)13-19-22-10-8-18(21)23-19/h4-8,10,16H,3,9,11-14H2,1-2H3,(H2,21,22,23). The predicted octanol–water partition coefficient (Wildman–Crippen LogP) is 1.73. The fraction of sp³-hybridized carbons (Fsp3) is 0.450. The summed E-state index contributed by atoms with van der Waals surface area (Å²) in [4.78, 5) is 25.0. The SMILES string of the molecule is CCc1ccc(OCC(=O)N2CCC(N(C)Cc3nccc(N)n3)C2)cc1. The Labute approximate surface area is 160 Å². The van der Waals surface area contributed by atoms with Crippen LogP contribution in [0.4, 0.5) is 5.82 Å². The number of likely N-dealkylation sites (tertiary alicyclic amines) is 1. The lowest BCUT2D eigenvalue weighted by atomic mass is 10.2. The minimum atomic E-state index is 0.0191. The molecule has 1 saturated heterocycles. The monoisotopic (exact) mass is 369 g/mol. The Kier molecular flexibility index (Phi) is 6.24. The second kappa shape index (κ2) is 8.81. The largest absolute Gasteiger partial charge is 0.484 e. The van der Waals surface area contributed by atoms with Crippen LogP contribution in [-0.4, -0.2) is 58.5 Å². The molecule has 0 bridgehead atoms. The van der Waals surface area contributed by atoms with Gasteiger partial charge in [-0.05, 0) is 43.7 Å². The highest BCUT2D eigenvalue weighted by Crippen LogP contribution is 2.17. The van der Waals surface area contributed by atoms with Crippen molar-refractivity contribution in [1.29, 1.82) is 0 Å². The van der Waals surface area contributed by atoms with Crippen molar-refractivity contribution in [2.45, 2.75) is 32.4 Å². The highest BCUT2D eigenvalue weighted by molar-refractivity contribution is 5.78. The molecule has 27 heavy (non-hydrogen) atoms. The number of anilines is 1. The first kappa shape index (κ1) is 19.1. The van der Waals surface area contributed by atoms with Crippen LogP contribution in [0.1, 0.15) is 24.7 Å². The first-order valence-electron chi connectivity index (χ1n) is 9.32. The average Bonchev–Trinajstić information content (AvgIpc) is 3.17. The molecule has 1 aliphatic heterocycles. The maximum atomic E-state index is 12.5. The van der Waals surface area contributed by atoms with E-state index >= 15 is 0 Å². The van der Waals surface area contributed by atoms with Gasteiger partial charge in [0.25, 0.3) is 5.91 Å². The summed E-state index contributed by atoms with van der Waals surface area (Å²) in [6, 6.07) is 9.84. The molecule has 0 saturated carbocycles. The Bertz CT molecular complexity index is 765. The van der Waals surface area contributed by atoms with Crippen LogP contribution in [0.3, 0.4) is 0 Å². The van der Waals surface area contributed by atoms with E-state index in [-0.39, 0.29) is 18.6 Å². The molecule has 1 unspecified atom stereocenters. The zero-order valence-electron chi connectivity index (χ0n) is 16.0. The van der Waals surface area contributed by atoms with Gasteiger partial charge in [-0.1, -0.05) is 19.1 Å². The molecule has 1 amide bonds. The fourth-order valence-electron chi connectivity index (χ4n) is 3.23. The van der Waals surface area contributed by atoms with Gasteiger partial charge in [0.2, 0.25) is 0 Å². The van der Waals surface area contributed by atoms with E-state index in [0.717, 1.165) is 25.1 Å².